The summed E-state index contributed by atoms with van der Waals surface area (Å²) >= 11 is 0. The van der Waals surface area contributed by atoms with Crippen LogP contribution in [-0.2, 0) is 22.5 Å². The van der Waals surface area contributed by atoms with Crippen molar-refractivity contribution >= 4 is 28.6 Å². The molecular formula is C25H28N4O3. The van der Waals surface area contributed by atoms with Crippen molar-refractivity contribution in [2.75, 3.05) is 18.4 Å². The number of esters is 1. The first-order valence-corrected chi connectivity index (χ1v) is 11.1. The Morgan fingerprint density at radius 1 is 1.19 bits per heavy atom. The summed E-state index contributed by atoms with van der Waals surface area (Å²) in [6.45, 7) is 8.29. The van der Waals surface area contributed by atoms with Crippen LogP contribution in [-0.4, -0.2) is 45.9 Å². The maximum absolute atomic E-state index is 13.4. The average Bonchev–Trinajstić information content (AvgIpc) is 2.81. The lowest BCUT2D eigenvalue weighted by Crippen LogP contribution is -2.35. The third kappa shape index (κ3) is 4.48. The van der Waals surface area contributed by atoms with Crippen molar-refractivity contribution in [3.63, 3.8) is 0 Å². The van der Waals surface area contributed by atoms with Gasteiger partial charge in [0.2, 0.25) is 0 Å². The monoisotopic (exact) mass is 432 g/mol. The summed E-state index contributed by atoms with van der Waals surface area (Å²) in [5, 5.41) is 3.50. The second-order valence-electron chi connectivity index (χ2n) is 8.06. The van der Waals surface area contributed by atoms with Crippen LogP contribution < -0.4 is 5.32 Å². The average molecular weight is 433 g/mol. The second kappa shape index (κ2) is 9.44. The van der Waals surface area contributed by atoms with E-state index in [0.29, 0.717) is 24.3 Å². The quantitative estimate of drug-likeness (QED) is 0.595. The molecule has 2 aromatic heterocycles. The van der Waals surface area contributed by atoms with Gasteiger partial charge in [-0.25, -0.2) is 9.78 Å². The number of benzene rings is 1. The number of hydrogen-bond acceptors (Lipinski definition) is 6. The summed E-state index contributed by atoms with van der Waals surface area (Å²) < 4.78 is 5.76. The number of rotatable bonds is 6. The molecule has 1 aromatic carbocycles. The SMILES string of the molecule is CCC(OC(=O)c1c2c(nc3ccccc13)CCN(CC)C2)C(=O)Nc1ccc(C)cn1. The van der Waals surface area contributed by atoms with Gasteiger partial charge in [-0.2, -0.15) is 0 Å². The highest BCUT2D eigenvalue weighted by Gasteiger charge is 2.29. The van der Waals surface area contributed by atoms with Crippen LogP contribution in [0.3, 0.4) is 0 Å². The van der Waals surface area contributed by atoms with E-state index in [1.54, 1.807) is 12.3 Å². The molecule has 0 spiro atoms. The van der Waals surface area contributed by atoms with Crippen LogP contribution in [0.1, 0.15) is 47.4 Å². The van der Waals surface area contributed by atoms with E-state index in [2.05, 4.69) is 22.1 Å². The number of carbonyl (C=O) groups is 2. The van der Waals surface area contributed by atoms with Crippen LogP contribution in [0.4, 0.5) is 5.82 Å². The fraction of sp³-hybridized carbons (Fsp3) is 0.360. The molecular weight excluding hydrogens is 404 g/mol. The number of pyridine rings is 2. The molecule has 1 atom stereocenters. The third-order valence-electron chi connectivity index (χ3n) is 5.85. The van der Waals surface area contributed by atoms with Gasteiger partial charge in [-0.15, -0.1) is 0 Å². The molecule has 1 aliphatic heterocycles. The zero-order chi connectivity index (χ0) is 22.7. The Morgan fingerprint density at radius 3 is 2.72 bits per heavy atom. The summed E-state index contributed by atoms with van der Waals surface area (Å²) in [6.07, 6.45) is 1.90. The van der Waals surface area contributed by atoms with Gasteiger partial charge >= 0.3 is 5.97 Å². The molecule has 166 valence electrons. The fourth-order valence-electron chi connectivity index (χ4n) is 4.01. The molecule has 1 N–H and O–H groups in total. The Kier molecular flexibility index (Phi) is 6.46. The second-order valence-corrected chi connectivity index (χ2v) is 8.06. The molecule has 0 bridgehead atoms. The molecule has 7 nitrogen and oxygen atoms in total. The van der Waals surface area contributed by atoms with Crippen LogP contribution in [0.25, 0.3) is 10.9 Å². The third-order valence-corrected chi connectivity index (χ3v) is 5.85. The highest BCUT2D eigenvalue weighted by atomic mass is 16.5. The summed E-state index contributed by atoms with van der Waals surface area (Å²) in [7, 11) is 0. The molecule has 0 aliphatic carbocycles. The van der Waals surface area contributed by atoms with E-state index in [0.717, 1.165) is 47.2 Å². The summed E-state index contributed by atoms with van der Waals surface area (Å²) in [5.41, 5.74) is 4.11. The molecule has 0 saturated carbocycles. The minimum absolute atomic E-state index is 0.357. The Bertz CT molecular complexity index is 1140. The van der Waals surface area contributed by atoms with Crippen molar-refractivity contribution in [2.45, 2.75) is 46.3 Å². The van der Waals surface area contributed by atoms with Crippen LogP contribution in [0.15, 0.2) is 42.6 Å². The van der Waals surface area contributed by atoms with Gasteiger partial charge in [0.15, 0.2) is 6.10 Å². The topological polar surface area (TPSA) is 84.4 Å². The maximum atomic E-state index is 13.4. The Labute approximate surface area is 187 Å². The van der Waals surface area contributed by atoms with Gasteiger partial charge in [-0.3, -0.25) is 14.7 Å². The lowest BCUT2D eigenvalue weighted by molar-refractivity contribution is -0.124. The molecule has 32 heavy (non-hydrogen) atoms. The number of likely N-dealkylation sites (N-methyl/N-ethyl adjacent to an activating group) is 1. The molecule has 1 unspecified atom stereocenters. The van der Waals surface area contributed by atoms with E-state index in [1.807, 2.05) is 44.2 Å². The number of amides is 1. The first-order valence-electron chi connectivity index (χ1n) is 11.1. The number of nitrogens with zero attached hydrogens (tertiary/aromatic N) is 3. The van der Waals surface area contributed by atoms with Crippen LogP contribution in [0.2, 0.25) is 0 Å². The number of fused-ring (bicyclic) bond motifs is 2. The molecule has 7 heteroatoms. The zero-order valence-corrected chi connectivity index (χ0v) is 18.7. The van der Waals surface area contributed by atoms with Crippen molar-refractivity contribution in [3.8, 4) is 0 Å². The number of nitrogens with one attached hydrogen (secondary N) is 1. The Balaban J connectivity index is 1.63. The molecule has 1 amide bonds. The van der Waals surface area contributed by atoms with Crippen molar-refractivity contribution in [1.82, 2.24) is 14.9 Å². The highest BCUT2D eigenvalue weighted by Crippen LogP contribution is 2.29. The van der Waals surface area contributed by atoms with Crippen molar-refractivity contribution in [3.05, 3.63) is 65.0 Å². The van der Waals surface area contributed by atoms with Crippen LogP contribution >= 0.6 is 0 Å². The van der Waals surface area contributed by atoms with Crippen molar-refractivity contribution < 1.29 is 14.3 Å². The predicted octanol–water partition coefficient (Wildman–Crippen LogP) is 3.89. The van der Waals surface area contributed by atoms with Crippen molar-refractivity contribution in [1.29, 1.82) is 0 Å². The highest BCUT2D eigenvalue weighted by molar-refractivity contribution is 6.06. The van der Waals surface area contributed by atoms with Gasteiger partial charge < -0.3 is 10.1 Å². The number of aromatic nitrogens is 2. The predicted molar refractivity (Wildman–Crippen MR) is 123 cm³/mol. The summed E-state index contributed by atoms with van der Waals surface area (Å²) in [4.78, 5) is 37.5. The lowest BCUT2D eigenvalue weighted by atomic mass is 9.95. The molecule has 0 saturated heterocycles. The van der Waals surface area contributed by atoms with E-state index in [4.69, 9.17) is 9.72 Å². The largest absolute Gasteiger partial charge is 0.449 e. The molecule has 4 rings (SSSR count). The van der Waals surface area contributed by atoms with E-state index < -0.39 is 12.1 Å². The summed E-state index contributed by atoms with van der Waals surface area (Å²) in [5.74, 6) is -0.447. The van der Waals surface area contributed by atoms with E-state index in [9.17, 15) is 9.59 Å². The number of hydrogen-bond donors (Lipinski definition) is 1. The smallest absolute Gasteiger partial charge is 0.340 e. The normalized spacial score (nSPS) is 14.6. The van der Waals surface area contributed by atoms with Crippen LogP contribution in [0, 0.1) is 6.92 Å². The van der Waals surface area contributed by atoms with Crippen molar-refractivity contribution in [2.24, 2.45) is 0 Å². The fourth-order valence-corrected chi connectivity index (χ4v) is 4.01. The molecule has 0 fully saturated rings. The van der Waals surface area contributed by atoms with Gasteiger partial charge in [-0.1, -0.05) is 38.1 Å². The minimum atomic E-state index is -0.918. The van der Waals surface area contributed by atoms with Gasteiger partial charge in [0.05, 0.1) is 11.1 Å². The Hall–Kier alpha value is -3.32. The number of aryl methyl sites for hydroxylation is 1. The first kappa shape index (κ1) is 21.9. The molecule has 3 aromatic rings. The molecule has 1 aliphatic rings. The minimum Gasteiger partial charge on any atom is -0.449 e. The van der Waals surface area contributed by atoms with Gasteiger partial charge in [0.25, 0.3) is 5.91 Å². The van der Waals surface area contributed by atoms with Crippen LogP contribution in [0.5, 0.6) is 0 Å². The summed E-state index contributed by atoms with van der Waals surface area (Å²) in [6, 6.07) is 11.2. The number of ether oxygens (including phenoxy) is 1. The van der Waals surface area contributed by atoms with Gasteiger partial charge in [-0.05, 0) is 37.6 Å². The van der Waals surface area contributed by atoms with E-state index in [1.165, 1.54) is 0 Å². The molecule has 0 radical (unpaired) electrons. The van der Waals surface area contributed by atoms with Gasteiger partial charge in [0.1, 0.15) is 5.82 Å². The standard InChI is InChI=1S/C25H28N4O3/c1-4-21(24(30)28-22-11-10-16(3)14-26-22)32-25(31)23-17-8-6-7-9-19(17)27-20-12-13-29(5-2)15-18(20)23/h6-11,14,21H,4-5,12-13,15H2,1-3H3,(H,26,28,30). The first-order chi connectivity index (χ1) is 15.5. The Morgan fingerprint density at radius 2 is 2.00 bits per heavy atom. The van der Waals surface area contributed by atoms with Gasteiger partial charge in [0, 0.05) is 42.4 Å². The lowest BCUT2D eigenvalue weighted by Gasteiger charge is -2.29. The number of anilines is 1. The maximum Gasteiger partial charge on any atom is 0.340 e. The molecule has 3 heterocycles. The van der Waals surface area contributed by atoms with E-state index in [-0.39, 0.29) is 5.91 Å². The van der Waals surface area contributed by atoms with E-state index >= 15 is 0 Å². The zero-order valence-electron chi connectivity index (χ0n) is 18.7. The number of para-hydroxylation sites is 1. The number of carbonyl (C=O) groups excluding carboxylic acids is 2.